The number of ether oxygens (including phenoxy) is 1. The van der Waals surface area contributed by atoms with Crippen LogP contribution in [0.25, 0.3) is 11.0 Å². The molecule has 0 fully saturated rings. The Morgan fingerprint density at radius 1 is 0.897 bits per heavy atom. The van der Waals surface area contributed by atoms with E-state index in [2.05, 4.69) is 14.9 Å². The van der Waals surface area contributed by atoms with Gasteiger partial charge in [0.25, 0.3) is 0 Å². The highest BCUT2D eigenvalue weighted by Gasteiger charge is 2.14. The Morgan fingerprint density at radius 2 is 1.59 bits per heavy atom. The Bertz CT molecular complexity index is 1100. The topological polar surface area (TPSA) is 68.5 Å². The molecule has 6 nitrogen and oxygen atoms in total. The number of rotatable bonds is 7. The van der Waals surface area contributed by atoms with Gasteiger partial charge in [-0.2, -0.15) is 0 Å². The van der Waals surface area contributed by atoms with Gasteiger partial charge in [0.05, 0.1) is 18.5 Å². The van der Waals surface area contributed by atoms with E-state index in [1.54, 1.807) is 31.6 Å². The average molecular weight is 387 g/mol. The lowest BCUT2D eigenvalue weighted by atomic mass is 10.1. The van der Waals surface area contributed by atoms with Gasteiger partial charge in [-0.25, -0.2) is 4.79 Å². The largest absolute Gasteiger partial charge is 0.497 e. The van der Waals surface area contributed by atoms with Crippen molar-refractivity contribution in [2.45, 2.75) is 19.6 Å². The lowest BCUT2D eigenvalue weighted by Crippen LogP contribution is -2.24. The molecule has 0 aliphatic carbocycles. The maximum Gasteiger partial charge on any atom is 0.336 e. The summed E-state index contributed by atoms with van der Waals surface area (Å²) in [6, 6.07) is 18.8. The second-order valence-electron chi connectivity index (χ2n) is 6.74. The van der Waals surface area contributed by atoms with Gasteiger partial charge < -0.3 is 9.15 Å². The highest BCUT2D eigenvalue weighted by molar-refractivity contribution is 5.81. The monoisotopic (exact) mass is 387 g/mol. The van der Waals surface area contributed by atoms with Gasteiger partial charge in [-0.1, -0.05) is 12.1 Å². The van der Waals surface area contributed by atoms with Crippen molar-refractivity contribution in [1.82, 2.24) is 14.9 Å². The minimum Gasteiger partial charge on any atom is -0.497 e. The van der Waals surface area contributed by atoms with Gasteiger partial charge in [0.2, 0.25) is 0 Å². The van der Waals surface area contributed by atoms with E-state index in [9.17, 15) is 4.79 Å². The van der Waals surface area contributed by atoms with Crippen molar-refractivity contribution in [2.24, 2.45) is 0 Å². The van der Waals surface area contributed by atoms with E-state index in [0.29, 0.717) is 31.0 Å². The van der Waals surface area contributed by atoms with E-state index in [1.807, 2.05) is 48.5 Å². The van der Waals surface area contributed by atoms with Gasteiger partial charge in [-0.15, -0.1) is 0 Å². The number of benzene rings is 1. The fourth-order valence-electron chi connectivity index (χ4n) is 3.32. The second-order valence-corrected chi connectivity index (χ2v) is 6.74. The van der Waals surface area contributed by atoms with Crippen LogP contribution in [0.4, 0.5) is 0 Å². The minimum absolute atomic E-state index is 0.378. The highest BCUT2D eigenvalue weighted by atomic mass is 16.5. The van der Waals surface area contributed by atoms with E-state index in [0.717, 1.165) is 22.3 Å². The maximum absolute atomic E-state index is 12.2. The third-order valence-electron chi connectivity index (χ3n) is 4.65. The van der Waals surface area contributed by atoms with Gasteiger partial charge >= 0.3 is 5.63 Å². The molecule has 1 aromatic carbocycles. The highest BCUT2D eigenvalue weighted by Crippen LogP contribution is 2.24. The van der Waals surface area contributed by atoms with Gasteiger partial charge in [-0.05, 0) is 42.0 Å². The second kappa shape index (κ2) is 8.67. The van der Waals surface area contributed by atoms with Crippen LogP contribution in [0.1, 0.15) is 17.0 Å². The third-order valence-corrected chi connectivity index (χ3v) is 4.65. The van der Waals surface area contributed by atoms with Gasteiger partial charge in [0.15, 0.2) is 0 Å². The summed E-state index contributed by atoms with van der Waals surface area (Å²) in [5, 5.41) is 0.887. The summed E-state index contributed by atoms with van der Waals surface area (Å²) < 4.78 is 10.6. The molecule has 0 atom stereocenters. The first-order valence-electron chi connectivity index (χ1n) is 9.34. The van der Waals surface area contributed by atoms with Crippen molar-refractivity contribution < 1.29 is 9.15 Å². The molecule has 3 aromatic heterocycles. The Morgan fingerprint density at radius 3 is 2.17 bits per heavy atom. The zero-order valence-electron chi connectivity index (χ0n) is 16.1. The van der Waals surface area contributed by atoms with Gasteiger partial charge in [-0.3, -0.25) is 14.9 Å². The number of nitrogens with zero attached hydrogens (tertiary/aromatic N) is 3. The van der Waals surface area contributed by atoms with Crippen molar-refractivity contribution in [3.63, 3.8) is 0 Å². The van der Waals surface area contributed by atoms with Crippen molar-refractivity contribution >= 4 is 11.0 Å². The molecule has 0 aliphatic heterocycles. The summed E-state index contributed by atoms with van der Waals surface area (Å²) in [6.07, 6.45) is 3.57. The molecule has 6 heteroatoms. The predicted octanol–water partition coefficient (Wildman–Crippen LogP) is 3.79. The number of methoxy groups -OCH3 is 1. The summed E-state index contributed by atoms with van der Waals surface area (Å²) in [4.78, 5) is 23.3. The molecule has 0 aliphatic rings. The lowest BCUT2D eigenvalue weighted by Gasteiger charge is -2.22. The normalized spacial score (nSPS) is 11.1. The quantitative estimate of drug-likeness (QED) is 0.450. The first-order chi connectivity index (χ1) is 14.2. The Hall–Kier alpha value is -3.51. The van der Waals surface area contributed by atoms with Crippen LogP contribution in [-0.4, -0.2) is 22.0 Å². The summed E-state index contributed by atoms with van der Waals surface area (Å²) in [5.41, 5.74) is 2.94. The van der Waals surface area contributed by atoms with E-state index >= 15 is 0 Å². The molecular formula is C23H21N3O3. The number of fused-ring (bicyclic) bond motifs is 1. The van der Waals surface area contributed by atoms with Crippen LogP contribution in [0.3, 0.4) is 0 Å². The zero-order valence-corrected chi connectivity index (χ0v) is 16.1. The first kappa shape index (κ1) is 18.8. The smallest absolute Gasteiger partial charge is 0.336 e. The van der Waals surface area contributed by atoms with Gasteiger partial charge in [0.1, 0.15) is 11.3 Å². The summed E-state index contributed by atoms with van der Waals surface area (Å²) in [7, 11) is 1.59. The Kier molecular flexibility index (Phi) is 5.63. The van der Waals surface area contributed by atoms with Crippen LogP contribution in [0.15, 0.2) is 82.3 Å². The van der Waals surface area contributed by atoms with E-state index in [1.165, 1.54) is 0 Å². The van der Waals surface area contributed by atoms with Crippen molar-refractivity contribution in [2.75, 3.05) is 7.11 Å². The Balaban J connectivity index is 1.68. The van der Waals surface area contributed by atoms with Crippen molar-refractivity contribution in [1.29, 1.82) is 0 Å². The van der Waals surface area contributed by atoms with Crippen LogP contribution in [0.5, 0.6) is 5.75 Å². The molecule has 3 heterocycles. The molecule has 0 unspecified atom stereocenters. The van der Waals surface area contributed by atoms with Crippen LogP contribution < -0.4 is 10.4 Å². The number of pyridine rings is 2. The number of hydrogen-bond acceptors (Lipinski definition) is 6. The third kappa shape index (κ3) is 4.67. The molecule has 0 amide bonds. The molecule has 4 rings (SSSR count). The van der Waals surface area contributed by atoms with E-state index in [4.69, 9.17) is 9.15 Å². The van der Waals surface area contributed by atoms with Crippen LogP contribution >= 0.6 is 0 Å². The first-order valence-corrected chi connectivity index (χ1v) is 9.34. The summed E-state index contributed by atoms with van der Waals surface area (Å²) >= 11 is 0. The molecule has 0 spiro atoms. The maximum atomic E-state index is 12.2. The SMILES string of the molecule is COc1ccc2c(CN(Cc3ccccn3)Cc3ccccn3)cc(=O)oc2c1. The van der Waals surface area contributed by atoms with Gasteiger partial charge in [0, 0.05) is 49.5 Å². The van der Waals surface area contributed by atoms with Crippen molar-refractivity contribution in [3.8, 4) is 5.75 Å². The molecule has 0 bridgehead atoms. The molecular weight excluding hydrogens is 366 g/mol. The summed E-state index contributed by atoms with van der Waals surface area (Å²) in [6.45, 7) is 1.83. The van der Waals surface area contributed by atoms with E-state index < -0.39 is 0 Å². The van der Waals surface area contributed by atoms with Crippen LogP contribution in [0, 0.1) is 0 Å². The molecule has 146 valence electrons. The molecule has 0 N–H and O–H groups in total. The predicted molar refractivity (Wildman–Crippen MR) is 110 cm³/mol. The fraction of sp³-hybridized carbons (Fsp3) is 0.174. The fourth-order valence-corrected chi connectivity index (χ4v) is 3.32. The minimum atomic E-state index is -0.378. The zero-order chi connectivity index (χ0) is 20.1. The molecule has 29 heavy (non-hydrogen) atoms. The Labute approximate surface area is 168 Å². The molecule has 0 saturated carbocycles. The lowest BCUT2D eigenvalue weighted by molar-refractivity contribution is 0.242. The van der Waals surface area contributed by atoms with E-state index in [-0.39, 0.29) is 5.63 Å². The van der Waals surface area contributed by atoms with Crippen LogP contribution in [0.2, 0.25) is 0 Å². The van der Waals surface area contributed by atoms with Crippen LogP contribution in [-0.2, 0) is 19.6 Å². The number of hydrogen-bond donors (Lipinski definition) is 0. The standard InChI is InChI=1S/C23H21N3O3/c1-28-20-8-9-21-17(12-23(27)29-22(21)13-20)14-26(15-18-6-2-4-10-24-18)16-19-7-3-5-11-25-19/h2-13H,14-16H2,1H3. The number of aromatic nitrogens is 2. The molecule has 0 radical (unpaired) electrons. The van der Waals surface area contributed by atoms with Crippen molar-refractivity contribution in [3.05, 3.63) is 100 Å². The average Bonchev–Trinajstić information content (AvgIpc) is 2.74. The summed E-state index contributed by atoms with van der Waals surface area (Å²) in [5.74, 6) is 0.650. The molecule has 0 saturated heterocycles. The molecule has 4 aromatic rings.